The van der Waals surface area contributed by atoms with Crippen molar-refractivity contribution in [1.29, 1.82) is 0 Å². The first-order valence-corrected chi connectivity index (χ1v) is 19.5. The average molecular weight is 670 g/mol. The van der Waals surface area contributed by atoms with E-state index in [0.717, 1.165) is 40.3 Å². The third kappa shape index (κ3) is 5.47. The van der Waals surface area contributed by atoms with Crippen LogP contribution in [0.3, 0.4) is 0 Å². The summed E-state index contributed by atoms with van der Waals surface area (Å²) >= 11 is 0. The summed E-state index contributed by atoms with van der Waals surface area (Å²) in [5.41, 5.74) is 8.65. The van der Waals surface area contributed by atoms with Gasteiger partial charge in [0.2, 0.25) is 5.95 Å². The van der Waals surface area contributed by atoms with Gasteiger partial charge in [-0.15, -0.1) is 0 Å². The zero-order valence-electron chi connectivity index (χ0n) is 28.1. The number of anilines is 3. The highest BCUT2D eigenvalue weighted by Gasteiger charge is 2.41. The van der Waals surface area contributed by atoms with E-state index in [1.54, 1.807) is 0 Å². The summed E-state index contributed by atoms with van der Waals surface area (Å²) in [6.07, 6.45) is 0.876. The molecular weight excluding hydrogens is 635 g/mol. The third-order valence-corrected chi connectivity index (χ3v) is 14.8. The van der Waals surface area contributed by atoms with Gasteiger partial charge in [-0.3, -0.25) is 4.90 Å². The molecule has 4 heteroatoms. The topological polar surface area (TPSA) is 29.0 Å². The summed E-state index contributed by atoms with van der Waals surface area (Å²) in [6.45, 7) is 0. The molecule has 9 rings (SSSR count). The molecule has 0 spiro atoms. The maximum absolute atomic E-state index is 5.42. The smallest absolute Gasteiger partial charge is 0.235 e. The van der Waals surface area contributed by atoms with Crippen molar-refractivity contribution in [3.05, 3.63) is 211 Å². The number of benzene rings is 7. The Morgan fingerprint density at radius 1 is 0.373 bits per heavy atom. The molecule has 1 aliphatic rings. The van der Waals surface area contributed by atoms with Gasteiger partial charge in [-0.05, 0) is 50.1 Å². The summed E-state index contributed by atoms with van der Waals surface area (Å²) in [6, 6.07) is 72.1. The number of rotatable bonds is 7. The first kappa shape index (κ1) is 30.7. The molecule has 0 unspecified atom stereocenters. The molecule has 2 heterocycles. The van der Waals surface area contributed by atoms with Gasteiger partial charge in [0.1, 0.15) is 0 Å². The molecule has 7 aromatic carbocycles. The fourth-order valence-electron chi connectivity index (χ4n) is 7.72. The van der Waals surface area contributed by atoms with E-state index in [-0.39, 0.29) is 0 Å². The highest BCUT2D eigenvalue weighted by molar-refractivity contribution is 7.19. The van der Waals surface area contributed by atoms with E-state index < -0.39 is 8.07 Å². The van der Waals surface area contributed by atoms with Crippen LogP contribution in [0.1, 0.15) is 11.1 Å². The predicted octanol–water partition coefficient (Wildman–Crippen LogP) is 8.56. The van der Waals surface area contributed by atoms with Gasteiger partial charge < -0.3 is 0 Å². The molecule has 51 heavy (non-hydrogen) atoms. The van der Waals surface area contributed by atoms with Crippen LogP contribution in [0.4, 0.5) is 17.3 Å². The number of para-hydroxylation sites is 2. The van der Waals surface area contributed by atoms with E-state index in [0.29, 0.717) is 5.95 Å². The quantitative estimate of drug-likeness (QED) is 0.126. The normalized spacial score (nSPS) is 12.2. The van der Waals surface area contributed by atoms with Crippen molar-refractivity contribution < 1.29 is 0 Å². The van der Waals surface area contributed by atoms with Gasteiger partial charge in [0.05, 0.1) is 22.8 Å². The number of aromatic nitrogens is 2. The molecule has 1 aliphatic heterocycles. The fraction of sp³-hybridized carbons (Fsp3) is 0.0213. The van der Waals surface area contributed by atoms with Gasteiger partial charge in [-0.1, -0.05) is 182 Å². The van der Waals surface area contributed by atoms with Gasteiger partial charge in [-0.2, -0.15) is 0 Å². The molecule has 0 saturated heterocycles. The lowest BCUT2D eigenvalue weighted by Crippen LogP contribution is -2.74. The number of hydrogen-bond donors (Lipinski definition) is 0. The Bertz CT molecular complexity index is 2310. The third-order valence-electron chi connectivity index (χ3n) is 10.0. The highest BCUT2D eigenvalue weighted by atomic mass is 28.3. The molecule has 3 nitrogen and oxygen atoms in total. The Kier molecular flexibility index (Phi) is 7.92. The molecule has 0 aliphatic carbocycles. The summed E-state index contributed by atoms with van der Waals surface area (Å²) in [5.74, 6) is 0.661. The minimum Gasteiger partial charge on any atom is -0.279 e. The molecule has 0 atom stereocenters. The zero-order valence-corrected chi connectivity index (χ0v) is 29.1. The Balaban J connectivity index is 1.29. The summed E-state index contributed by atoms with van der Waals surface area (Å²) in [5, 5.41) is 5.33. The molecule has 8 aromatic rings. The lowest BCUT2D eigenvalue weighted by Gasteiger charge is -2.34. The van der Waals surface area contributed by atoms with Crippen molar-refractivity contribution in [2.75, 3.05) is 4.90 Å². The number of nitrogens with zero attached hydrogens (tertiary/aromatic N) is 3. The van der Waals surface area contributed by atoms with Crippen molar-refractivity contribution in [3.8, 4) is 22.5 Å². The second-order valence-electron chi connectivity index (χ2n) is 13.0. The molecule has 0 saturated carbocycles. The number of hydrogen-bond acceptors (Lipinski definition) is 3. The standard InChI is InChI=1S/C47H35N3Si/c1-5-18-35(19-6-1)43-34-44(49-47(48-43)50-45-30-15-13-20-37(45)32-38-21-14-16-31-46(38)50)36-22-17-29-42(33-36)51(39-23-7-2-8-24-39,40-25-9-3-10-26-40)41-27-11-4-12-28-41/h1-31,33-34H,32H2. The Morgan fingerprint density at radius 3 is 1.31 bits per heavy atom. The van der Waals surface area contributed by atoms with Gasteiger partial charge in [-0.25, -0.2) is 9.97 Å². The zero-order chi connectivity index (χ0) is 34.0. The largest absolute Gasteiger partial charge is 0.279 e. The molecule has 1 aromatic heterocycles. The lowest BCUT2D eigenvalue weighted by atomic mass is 9.96. The Labute approximate surface area is 300 Å². The van der Waals surface area contributed by atoms with Gasteiger partial charge in [0.25, 0.3) is 0 Å². The van der Waals surface area contributed by atoms with Crippen LogP contribution in [-0.2, 0) is 6.42 Å². The van der Waals surface area contributed by atoms with Gasteiger partial charge >= 0.3 is 0 Å². The first-order valence-electron chi connectivity index (χ1n) is 17.5. The van der Waals surface area contributed by atoms with Crippen LogP contribution in [0.25, 0.3) is 22.5 Å². The van der Waals surface area contributed by atoms with E-state index in [1.807, 2.05) is 6.07 Å². The highest BCUT2D eigenvalue weighted by Crippen LogP contribution is 2.43. The molecule has 0 fully saturated rings. The first-order chi connectivity index (χ1) is 25.3. The van der Waals surface area contributed by atoms with Crippen LogP contribution >= 0.6 is 0 Å². The van der Waals surface area contributed by atoms with Gasteiger partial charge in [0.15, 0.2) is 8.07 Å². The van der Waals surface area contributed by atoms with Crippen molar-refractivity contribution in [2.45, 2.75) is 6.42 Å². The van der Waals surface area contributed by atoms with E-state index in [2.05, 4.69) is 199 Å². The van der Waals surface area contributed by atoms with Crippen LogP contribution in [0.2, 0.25) is 0 Å². The SMILES string of the molecule is c1ccc(-c2cc(-c3cccc([Si](c4ccccc4)(c4ccccc4)c4ccccc4)c3)nc(N3c4ccccc4Cc4ccccc43)n2)cc1. The van der Waals surface area contributed by atoms with Crippen molar-refractivity contribution >= 4 is 46.1 Å². The van der Waals surface area contributed by atoms with Crippen molar-refractivity contribution in [2.24, 2.45) is 0 Å². The maximum atomic E-state index is 5.42. The van der Waals surface area contributed by atoms with E-state index in [9.17, 15) is 0 Å². The Morgan fingerprint density at radius 2 is 0.784 bits per heavy atom. The van der Waals surface area contributed by atoms with Crippen LogP contribution < -0.4 is 25.6 Å². The molecule has 0 N–H and O–H groups in total. The van der Waals surface area contributed by atoms with Crippen molar-refractivity contribution in [1.82, 2.24) is 9.97 Å². The van der Waals surface area contributed by atoms with Crippen molar-refractivity contribution in [3.63, 3.8) is 0 Å². The number of fused-ring (bicyclic) bond motifs is 2. The van der Waals surface area contributed by atoms with E-state index in [1.165, 1.54) is 31.9 Å². The minimum absolute atomic E-state index is 0.661. The second-order valence-corrected chi connectivity index (χ2v) is 16.8. The Hall–Kier alpha value is -6.36. The second kappa shape index (κ2) is 13.2. The fourth-order valence-corrected chi connectivity index (χ4v) is 12.5. The van der Waals surface area contributed by atoms with Crippen LogP contribution in [-0.4, -0.2) is 18.0 Å². The van der Waals surface area contributed by atoms with E-state index >= 15 is 0 Å². The average Bonchev–Trinajstić information content (AvgIpc) is 3.22. The minimum atomic E-state index is -2.74. The monoisotopic (exact) mass is 669 g/mol. The molecule has 242 valence electrons. The summed E-state index contributed by atoms with van der Waals surface area (Å²) in [7, 11) is -2.74. The van der Waals surface area contributed by atoms with Crippen LogP contribution in [0.15, 0.2) is 200 Å². The predicted molar refractivity (Wildman–Crippen MR) is 214 cm³/mol. The maximum Gasteiger partial charge on any atom is 0.235 e. The molecule has 0 amide bonds. The summed E-state index contributed by atoms with van der Waals surface area (Å²) < 4.78 is 0. The summed E-state index contributed by atoms with van der Waals surface area (Å²) in [4.78, 5) is 13.0. The molecular formula is C47H35N3Si. The van der Waals surface area contributed by atoms with Gasteiger partial charge in [0, 0.05) is 17.5 Å². The molecule has 0 bridgehead atoms. The lowest BCUT2D eigenvalue weighted by molar-refractivity contribution is 1.02. The van der Waals surface area contributed by atoms with Crippen LogP contribution in [0, 0.1) is 0 Å². The van der Waals surface area contributed by atoms with E-state index in [4.69, 9.17) is 9.97 Å². The van der Waals surface area contributed by atoms with Crippen LogP contribution in [0.5, 0.6) is 0 Å². The molecule has 0 radical (unpaired) electrons.